The minimum atomic E-state index is -0.304. The molecular formula is C16H20FNO3. The van der Waals surface area contributed by atoms with Crippen LogP contribution in [0.25, 0.3) is 0 Å². The van der Waals surface area contributed by atoms with E-state index in [-0.39, 0.29) is 30.2 Å². The summed E-state index contributed by atoms with van der Waals surface area (Å²) < 4.78 is 17.8. The number of amides is 1. The average Bonchev–Trinajstić information content (AvgIpc) is 2.47. The van der Waals surface area contributed by atoms with Crippen LogP contribution in [-0.4, -0.2) is 19.0 Å². The van der Waals surface area contributed by atoms with Crippen LogP contribution >= 0.6 is 0 Å². The number of methoxy groups -OCH3 is 1. The van der Waals surface area contributed by atoms with Crippen molar-refractivity contribution in [3.63, 3.8) is 0 Å². The molecule has 0 bridgehead atoms. The molecule has 0 aliphatic heterocycles. The Morgan fingerprint density at radius 2 is 2.19 bits per heavy atom. The summed E-state index contributed by atoms with van der Waals surface area (Å²) in [7, 11) is 1.33. The first-order chi connectivity index (χ1) is 10.1. The zero-order valence-electron chi connectivity index (χ0n) is 12.2. The van der Waals surface area contributed by atoms with Crippen molar-refractivity contribution in [3.8, 4) is 0 Å². The molecule has 0 saturated carbocycles. The summed E-state index contributed by atoms with van der Waals surface area (Å²) in [5.41, 5.74) is 1.98. The average molecular weight is 293 g/mol. The predicted octanol–water partition coefficient (Wildman–Crippen LogP) is 2.66. The quantitative estimate of drug-likeness (QED) is 0.849. The Hall–Kier alpha value is -1.91. The van der Waals surface area contributed by atoms with Crippen LogP contribution in [0, 0.1) is 5.82 Å². The highest BCUT2D eigenvalue weighted by Gasteiger charge is 2.22. The maximum atomic E-state index is 13.2. The van der Waals surface area contributed by atoms with Crippen molar-refractivity contribution in [1.29, 1.82) is 0 Å². The van der Waals surface area contributed by atoms with E-state index in [2.05, 4.69) is 10.1 Å². The summed E-state index contributed by atoms with van der Waals surface area (Å²) in [6.07, 6.45) is 3.66. The maximum absolute atomic E-state index is 13.2. The van der Waals surface area contributed by atoms with Crippen molar-refractivity contribution >= 4 is 11.9 Å². The largest absolute Gasteiger partial charge is 0.469 e. The van der Waals surface area contributed by atoms with Crippen LogP contribution in [0.3, 0.4) is 0 Å². The minimum absolute atomic E-state index is 0.0556. The first-order valence-corrected chi connectivity index (χ1v) is 7.24. The Bertz CT molecular complexity index is 530. The molecule has 1 atom stereocenters. The summed E-state index contributed by atoms with van der Waals surface area (Å²) in [4.78, 5) is 22.9. The molecule has 114 valence electrons. The van der Waals surface area contributed by atoms with Gasteiger partial charge in [0, 0.05) is 12.8 Å². The smallest absolute Gasteiger partial charge is 0.305 e. The normalized spacial score (nSPS) is 17.0. The van der Waals surface area contributed by atoms with E-state index in [1.807, 2.05) is 0 Å². The fourth-order valence-corrected chi connectivity index (χ4v) is 2.69. The lowest BCUT2D eigenvalue weighted by molar-refractivity contribution is -0.140. The van der Waals surface area contributed by atoms with Gasteiger partial charge < -0.3 is 10.1 Å². The molecule has 1 aromatic carbocycles. The number of ether oxygens (including phenoxy) is 1. The number of aryl methyl sites for hydroxylation is 1. The molecule has 0 radical (unpaired) electrons. The zero-order chi connectivity index (χ0) is 15.2. The Kier molecular flexibility index (Phi) is 5.31. The minimum Gasteiger partial charge on any atom is -0.469 e. The molecule has 0 spiro atoms. The van der Waals surface area contributed by atoms with E-state index < -0.39 is 0 Å². The molecule has 1 aliphatic carbocycles. The van der Waals surface area contributed by atoms with Crippen molar-refractivity contribution in [3.05, 3.63) is 35.1 Å². The highest BCUT2D eigenvalue weighted by Crippen LogP contribution is 2.30. The predicted molar refractivity (Wildman–Crippen MR) is 76.1 cm³/mol. The third kappa shape index (κ3) is 4.28. The maximum Gasteiger partial charge on any atom is 0.305 e. The fourth-order valence-electron chi connectivity index (χ4n) is 2.69. The van der Waals surface area contributed by atoms with Gasteiger partial charge in [-0.1, -0.05) is 6.07 Å². The van der Waals surface area contributed by atoms with Crippen LogP contribution in [0.4, 0.5) is 4.39 Å². The van der Waals surface area contributed by atoms with E-state index in [1.165, 1.54) is 13.2 Å². The molecule has 4 nitrogen and oxygen atoms in total. The first-order valence-electron chi connectivity index (χ1n) is 7.24. The van der Waals surface area contributed by atoms with Gasteiger partial charge in [0.2, 0.25) is 5.91 Å². The van der Waals surface area contributed by atoms with E-state index >= 15 is 0 Å². The van der Waals surface area contributed by atoms with E-state index in [9.17, 15) is 14.0 Å². The second-order valence-electron chi connectivity index (χ2n) is 5.29. The molecular weight excluding hydrogens is 273 g/mol. The van der Waals surface area contributed by atoms with Crippen LogP contribution < -0.4 is 5.32 Å². The molecule has 1 aliphatic rings. The molecule has 0 unspecified atom stereocenters. The SMILES string of the molecule is COC(=O)CCCC(=O)N[C@H]1CCCc2cc(F)ccc21. The van der Waals surface area contributed by atoms with E-state index in [4.69, 9.17) is 0 Å². The number of fused-ring (bicyclic) bond motifs is 1. The standard InChI is InChI=1S/C16H20FNO3/c1-21-16(20)7-3-6-15(19)18-14-5-2-4-11-10-12(17)8-9-13(11)14/h8-10,14H,2-7H2,1H3,(H,18,19)/t14-/m0/s1. The monoisotopic (exact) mass is 293 g/mol. The molecule has 0 fully saturated rings. The molecule has 1 amide bonds. The van der Waals surface area contributed by atoms with E-state index in [0.29, 0.717) is 12.8 Å². The Labute approximate surface area is 123 Å². The second kappa shape index (κ2) is 7.20. The fraction of sp³-hybridized carbons (Fsp3) is 0.500. The van der Waals surface area contributed by atoms with Gasteiger partial charge in [-0.3, -0.25) is 9.59 Å². The van der Waals surface area contributed by atoms with Crippen molar-refractivity contribution in [2.24, 2.45) is 0 Å². The Balaban J connectivity index is 1.89. The van der Waals surface area contributed by atoms with Crippen LogP contribution in [0.2, 0.25) is 0 Å². The molecule has 1 aromatic rings. The van der Waals surface area contributed by atoms with Gasteiger partial charge in [-0.2, -0.15) is 0 Å². The highest BCUT2D eigenvalue weighted by atomic mass is 19.1. The number of hydrogen-bond donors (Lipinski definition) is 1. The molecule has 0 saturated heterocycles. The molecule has 0 aromatic heterocycles. The van der Waals surface area contributed by atoms with Crippen LogP contribution in [0.1, 0.15) is 49.3 Å². The first kappa shape index (κ1) is 15.5. The number of halogens is 1. The van der Waals surface area contributed by atoms with Gasteiger partial charge in [0.25, 0.3) is 0 Å². The number of benzene rings is 1. The molecule has 2 rings (SSSR count). The number of carbonyl (C=O) groups is 2. The highest BCUT2D eigenvalue weighted by molar-refractivity contribution is 5.77. The number of nitrogens with one attached hydrogen (secondary N) is 1. The molecule has 21 heavy (non-hydrogen) atoms. The number of hydrogen-bond acceptors (Lipinski definition) is 3. The zero-order valence-corrected chi connectivity index (χ0v) is 12.2. The van der Waals surface area contributed by atoms with Gasteiger partial charge in [-0.15, -0.1) is 0 Å². The molecule has 1 N–H and O–H groups in total. The van der Waals surface area contributed by atoms with Crippen LogP contribution in [0.5, 0.6) is 0 Å². The summed E-state index contributed by atoms with van der Waals surface area (Å²) in [6, 6.07) is 4.68. The summed E-state index contributed by atoms with van der Waals surface area (Å²) in [5, 5.41) is 2.97. The van der Waals surface area contributed by atoms with Crippen molar-refractivity contribution in [1.82, 2.24) is 5.32 Å². The van der Waals surface area contributed by atoms with Crippen molar-refractivity contribution < 1.29 is 18.7 Å². The van der Waals surface area contributed by atoms with Gasteiger partial charge in [0.15, 0.2) is 0 Å². The Morgan fingerprint density at radius 1 is 1.38 bits per heavy atom. The van der Waals surface area contributed by atoms with Gasteiger partial charge in [0.1, 0.15) is 5.82 Å². The topological polar surface area (TPSA) is 55.4 Å². The van der Waals surface area contributed by atoms with Crippen molar-refractivity contribution in [2.45, 2.75) is 44.6 Å². The molecule has 0 heterocycles. The van der Waals surface area contributed by atoms with E-state index in [1.54, 1.807) is 12.1 Å². The summed E-state index contributed by atoms with van der Waals surface area (Å²) >= 11 is 0. The third-order valence-electron chi connectivity index (χ3n) is 3.77. The number of carbonyl (C=O) groups excluding carboxylic acids is 2. The lowest BCUT2D eigenvalue weighted by Gasteiger charge is -2.26. The number of rotatable bonds is 5. The van der Waals surface area contributed by atoms with Crippen LogP contribution in [-0.2, 0) is 20.7 Å². The summed E-state index contributed by atoms with van der Waals surface area (Å²) in [5.74, 6) is -0.624. The molecule has 5 heteroatoms. The second-order valence-corrected chi connectivity index (χ2v) is 5.29. The Morgan fingerprint density at radius 3 is 2.95 bits per heavy atom. The van der Waals surface area contributed by atoms with Crippen LogP contribution in [0.15, 0.2) is 18.2 Å². The lowest BCUT2D eigenvalue weighted by Crippen LogP contribution is -2.30. The summed E-state index contributed by atoms with van der Waals surface area (Å²) in [6.45, 7) is 0. The van der Waals surface area contributed by atoms with E-state index in [0.717, 1.165) is 30.4 Å². The number of esters is 1. The third-order valence-corrected chi connectivity index (χ3v) is 3.77. The van der Waals surface area contributed by atoms with Gasteiger partial charge in [-0.25, -0.2) is 4.39 Å². The van der Waals surface area contributed by atoms with Crippen molar-refractivity contribution in [2.75, 3.05) is 7.11 Å². The lowest BCUT2D eigenvalue weighted by atomic mass is 9.87. The van der Waals surface area contributed by atoms with Gasteiger partial charge in [0.05, 0.1) is 13.2 Å². The van der Waals surface area contributed by atoms with Gasteiger partial charge in [-0.05, 0) is 48.9 Å². The van der Waals surface area contributed by atoms with Gasteiger partial charge >= 0.3 is 5.97 Å².